The Morgan fingerprint density at radius 3 is 2.47 bits per heavy atom. The fourth-order valence-corrected chi connectivity index (χ4v) is 3.64. The predicted molar refractivity (Wildman–Crippen MR) is 78.3 cm³/mol. The van der Waals surface area contributed by atoms with E-state index in [-0.39, 0.29) is 11.0 Å². The van der Waals surface area contributed by atoms with Crippen LogP contribution in [-0.2, 0) is 16.6 Å². The normalized spacial score (nSPS) is 23.5. The zero-order chi connectivity index (χ0) is 13.3. The van der Waals surface area contributed by atoms with Crippen molar-refractivity contribution in [2.75, 3.05) is 13.7 Å². The third-order valence-electron chi connectivity index (χ3n) is 5.26. The summed E-state index contributed by atoms with van der Waals surface area (Å²) in [7, 11) is 1.84. The van der Waals surface area contributed by atoms with E-state index in [9.17, 15) is 0 Å². The maximum atomic E-state index is 6.09. The number of rotatable bonds is 5. The summed E-state index contributed by atoms with van der Waals surface area (Å²) in [5.74, 6) is 0. The Morgan fingerprint density at radius 2 is 1.89 bits per heavy atom. The van der Waals surface area contributed by atoms with Gasteiger partial charge in [-0.2, -0.15) is 0 Å². The second-order valence-corrected chi connectivity index (χ2v) is 6.46. The van der Waals surface area contributed by atoms with Crippen molar-refractivity contribution in [3.63, 3.8) is 0 Å². The van der Waals surface area contributed by atoms with Gasteiger partial charge in [-0.05, 0) is 36.8 Å². The van der Waals surface area contributed by atoms with Crippen molar-refractivity contribution in [2.24, 2.45) is 5.73 Å². The van der Waals surface area contributed by atoms with Gasteiger partial charge in [0.2, 0.25) is 0 Å². The van der Waals surface area contributed by atoms with Gasteiger partial charge in [-0.1, -0.05) is 37.1 Å². The number of benzene rings is 1. The lowest BCUT2D eigenvalue weighted by atomic mass is 9.78. The van der Waals surface area contributed by atoms with Crippen LogP contribution in [0.1, 0.15) is 49.7 Å². The summed E-state index contributed by atoms with van der Waals surface area (Å²) in [6, 6.07) is 9.10. The average molecular weight is 259 g/mol. The summed E-state index contributed by atoms with van der Waals surface area (Å²) in [5, 5.41) is 0. The van der Waals surface area contributed by atoms with E-state index in [0.29, 0.717) is 0 Å². The Labute approximate surface area is 116 Å². The van der Waals surface area contributed by atoms with E-state index >= 15 is 0 Å². The van der Waals surface area contributed by atoms with Crippen LogP contribution in [0, 0.1) is 0 Å². The SMILES string of the molecule is COC1(Cc2cccc(C3(CN)CCCC3)c2)CC1. The molecule has 0 saturated heterocycles. The van der Waals surface area contributed by atoms with Gasteiger partial charge in [0.05, 0.1) is 5.60 Å². The maximum absolute atomic E-state index is 6.09. The van der Waals surface area contributed by atoms with E-state index in [1.165, 1.54) is 49.7 Å². The first kappa shape index (κ1) is 13.1. The molecule has 2 fully saturated rings. The average Bonchev–Trinajstić information content (AvgIpc) is 3.05. The summed E-state index contributed by atoms with van der Waals surface area (Å²) >= 11 is 0. The molecule has 2 heteroatoms. The highest BCUT2D eigenvalue weighted by molar-refractivity contribution is 5.33. The van der Waals surface area contributed by atoms with Crippen LogP contribution in [0.3, 0.4) is 0 Å². The van der Waals surface area contributed by atoms with Crippen molar-refractivity contribution in [3.8, 4) is 0 Å². The molecule has 0 amide bonds. The van der Waals surface area contributed by atoms with Crippen molar-refractivity contribution < 1.29 is 4.74 Å². The molecule has 1 aromatic carbocycles. The molecule has 0 aliphatic heterocycles. The van der Waals surface area contributed by atoms with Crippen LogP contribution in [0.15, 0.2) is 24.3 Å². The minimum absolute atomic E-state index is 0.143. The molecule has 0 unspecified atom stereocenters. The smallest absolute Gasteiger partial charge is 0.0721 e. The molecule has 0 heterocycles. The quantitative estimate of drug-likeness (QED) is 0.881. The first-order valence-corrected chi connectivity index (χ1v) is 7.57. The van der Waals surface area contributed by atoms with Crippen LogP contribution in [0.2, 0.25) is 0 Å². The van der Waals surface area contributed by atoms with E-state index in [2.05, 4.69) is 24.3 Å². The van der Waals surface area contributed by atoms with Crippen molar-refractivity contribution in [1.82, 2.24) is 0 Å². The number of hydrogen-bond acceptors (Lipinski definition) is 2. The molecule has 104 valence electrons. The van der Waals surface area contributed by atoms with E-state index in [1.807, 2.05) is 7.11 Å². The van der Waals surface area contributed by atoms with Crippen LogP contribution in [0.5, 0.6) is 0 Å². The molecule has 0 spiro atoms. The topological polar surface area (TPSA) is 35.2 Å². The summed E-state index contributed by atoms with van der Waals surface area (Å²) in [5.41, 5.74) is 9.35. The van der Waals surface area contributed by atoms with Gasteiger partial charge >= 0.3 is 0 Å². The van der Waals surface area contributed by atoms with Crippen molar-refractivity contribution in [3.05, 3.63) is 35.4 Å². The monoisotopic (exact) mass is 259 g/mol. The number of nitrogens with two attached hydrogens (primary N) is 1. The lowest BCUT2D eigenvalue weighted by Gasteiger charge is -2.28. The predicted octanol–water partition coefficient (Wildman–Crippen LogP) is 3.18. The largest absolute Gasteiger partial charge is 0.378 e. The van der Waals surface area contributed by atoms with Gasteiger partial charge in [0.15, 0.2) is 0 Å². The van der Waals surface area contributed by atoms with Crippen LogP contribution in [-0.4, -0.2) is 19.3 Å². The third-order valence-corrected chi connectivity index (χ3v) is 5.26. The van der Waals surface area contributed by atoms with E-state index in [4.69, 9.17) is 10.5 Å². The minimum atomic E-state index is 0.143. The molecular formula is C17H25NO. The highest BCUT2D eigenvalue weighted by atomic mass is 16.5. The van der Waals surface area contributed by atoms with E-state index in [0.717, 1.165) is 13.0 Å². The first-order chi connectivity index (χ1) is 9.22. The Kier molecular flexibility index (Phi) is 3.40. The molecule has 2 aliphatic carbocycles. The molecule has 0 atom stereocenters. The molecule has 0 bridgehead atoms. The third kappa shape index (κ3) is 2.44. The highest BCUT2D eigenvalue weighted by Crippen LogP contribution is 2.43. The van der Waals surface area contributed by atoms with Gasteiger partial charge in [0.25, 0.3) is 0 Å². The van der Waals surface area contributed by atoms with Crippen LogP contribution in [0.4, 0.5) is 0 Å². The maximum Gasteiger partial charge on any atom is 0.0721 e. The fourth-order valence-electron chi connectivity index (χ4n) is 3.64. The Morgan fingerprint density at radius 1 is 1.16 bits per heavy atom. The lowest BCUT2D eigenvalue weighted by molar-refractivity contribution is 0.0807. The van der Waals surface area contributed by atoms with Gasteiger partial charge in [-0.15, -0.1) is 0 Å². The van der Waals surface area contributed by atoms with Gasteiger partial charge in [0.1, 0.15) is 0 Å². The van der Waals surface area contributed by atoms with Crippen LogP contribution >= 0.6 is 0 Å². The molecule has 0 radical (unpaired) electrons. The zero-order valence-corrected chi connectivity index (χ0v) is 12.0. The standard InChI is InChI=1S/C17H25NO/c1-19-17(9-10-17)12-14-5-4-6-15(11-14)16(13-18)7-2-3-8-16/h4-6,11H,2-3,7-10,12-13,18H2,1H3. The number of hydrogen-bond donors (Lipinski definition) is 1. The van der Waals surface area contributed by atoms with Crippen LogP contribution in [0.25, 0.3) is 0 Å². The number of ether oxygens (including phenoxy) is 1. The fraction of sp³-hybridized carbons (Fsp3) is 0.647. The molecule has 2 nitrogen and oxygen atoms in total. The molecule has 2 saturated carbocycles. The first-order valence-electron chi connectivity index (χ1n) is 7.57. The summed E-state index contributed by atoms with van der Waals surface area (Å²) in [6.07, 6.45) is 8.61. The Balaban J connectivity index is 1.83. The Hall–Kier alpha value is -0.860. The van der Waals surface area contributed by atoms with Gasteiger partial charge in [0, 0.05) is 25.5 Å². The summed E-state index contributed by atoms with van der Waals surface area (Å²) in [4.78, 5) is 0. The lowest BCUT2D eigenvalue weighted by Crippen LogP contribution is -2.32. The summed E-state index contributed by atoms with van der Waals surface area (Å²) in [6.45, 7) is 0.784. The molecule has 2 aliphatic rings. The van der Waals surface area contributed by atoms with E-state index < -0.39 is 0 Å². The van der Waals surface area contributed by atoms with Crippen molar-refractivity contribution in [1.29, 1.82) is 0 Å². The van der Waals surface area contributed by atoms with Gasteiger partial charge in [-0.25, -0.2) is 0 Å². The zero-order valence-electron chi connectivity index (χ0n) is 12.0. The van der Waals surface area contributed by atoms with Crippen molar-refractivity contribution >= 4 is 0 Å². The van der Waals surface area contributed by atoms with Crippen molar-refractivity contribution in [2.45, 2.75) is 56.0 Å². The highest BCUT2D eigenvalue weighted by Gasteiger charge is 2.43. The molecule has 1 aromatic rings. The molecule has 0 aromatic heterocycles. The van der Waals surface area contributed by atoms with Gasteiger partial charge < -0.3 is 10.5 Å². The second kappa shape index (κ2) is 4.92. The second-order valence-electron chi connectivity index (χ2n) is 6.46. The Bertz CT molecular complexity index is 444. The minimum Gasteiger partial charge on any atom is -0.378 e. The van der Waals surface area contributed by atoms with E-state index in [1.54, 1.807) is 0 Å². The molecule has 2 N–H and O–H groups in total. The number of methoxy groups -OCH3 is 1. The summed E-state index contributed by atoms with van der Waals surface area (Å²) < 4.78 is 5.64. The van der Waals surface area contributed by atoms with Crippen LogP contribution < -0.4 is 5.73 Å². The molecule has 19 heavy (non-hydrogen) atoms. The molecular weight excluding hydrogens is 234 g/mol. The van der Waals surface area contributed by atoms with Gasteiger partial charge in [-0.3, -0.25) is 0 Å². The molecule has 3 rings (SSSR count).